The van der Waals surface area contributed by atoms with Gasteiger partial charge in [0.15, 0.2) is 4.34 Å². The summed E-state index contributed by atoms with van der Waals surface area (Å²) >= 11 is 4.78. The highest BCUT2D eigenvalue weighted by atomic mass is 79.9. The maximum atomic E-state index is 12.5. The molecule has 3 rings (SSSR count). The number of hydrogen-bond acceptors (Lipinski definition) is 5. The Bertz CT molecular complexity index is 944. The number of carboxylic acids is 1. The lowest BCUT2D eigenvalue weighted by Crippen LogP contribution is -2.01. The van der Waals surface area contributed by atoms with Gasteiger partial charge in [0.1, 0.15) is 11.5 Å². The van der Waals surface area contributed by atoms with Gasteiger partial charge < -0.3 is 9.84 Å². The van der Waals surface area contributed by atoms with E-state index in [1.54, 1.807) is 41.9 Å². The van der Waals surface area contributed by atoms with Crippen LogP contribution in [0.25, 0.3) is 0 Å². The third-order valence-corrected chi connectivity index (χ3v) is 6.37. The zero-order valence-corrected chi connectivity index (χ0v) is 16.6. The fourth-order valence-electron chi connectivity index (χ4n) is 2.31. The average molecular weight is 452 g/mol. The van der Waals surface area contributed by atoms with Crippen molar-refractivity contribution in [1.82, 2.24) is 4.98 Å². The summed E-state index contributed by atoms with van der Waals surface area (Å²) in [6, 6.07) is 12.4. The first-order chi connectivity index (χ1) is 12.5. The standard InChI is InChI=1S/C18H14BrNO4S2/c19-14-4-5-16(13(10-14)11-26(23)18-20-6-7-25-18)24-15-3-1-2-12(8-15)9-17(21)22/h1-8,10H,9,11H2,(H,21,22). The molecule has 0 aliphatic carbocycles. The molecule has 1 N–H and O–H groups in total. The average Bonchev–Trinajstić information content (AvgIpc) is 3.12. The molecule has 0 radical (unpaired) electrons. The topological polar surface area (TPSA) is 76.5 Å². The van der Waals surface area contributed by atoms with Crippen molar-refractivity contribution >= 4 is 44.0 Å². The van der Waals surface area contributed by atoms with Gasteiger partial charge in [-0.3, -0.25) is 9.00 Å². The number of carboxylic acid groups (broad SMARTS) is 1. The second-order valence-corrected chi connectivity index (χ2v) is 8.79. The Hall–Kier alpha value is -2.03. The molecule has 1 aromatic heterocycles. The van der Waals surface area contributed by atoms with E-state index in [9.17, 15) is 9.00 Å². The van der Waals surface area contributed by atoms with Crippen LogP contribution in [0.5, 0.6) is 11.5 Å². The van der Waals surface area contributed by atoms with Gasteiger partial charge in [-0.1, -0.05) is 28.1 Å². The summed E-state index contributed by atoms with van der Waals surface area (Å²) in [7, 11) is -1.26. The molecule has 1 heterocycles. The molecule has 26 heavy (non-hydrogen) atoms. The molecular weight excluding hydrogens is 438 g/mol. The first-order valence-electron chi connectivity index (χ1n) is 7.56. The predicted molar refractivity (Wildman–Crippen MR) is 104 cm³/mol. The summed E-state index contributed by atoms with van der Waals surface area (Å²) in [6.07, 6.45) is 1.56. The van der Waals surface area contributed by atoms with Crippen molar-refractivity contribution in [2.24, 2.45) is 0 Å². The number of aliphatic carboxylic acids is 1. The van der Waals surface area contributed by atoms with Crippen LogP contribution in [-0.2, 0) is 27.8 Å². The van der Waals surface area contributed by atoms with Crippen LogP contribution in [-0.4, -0.2) is 20.3 Å². The number of benzene rings is 2. The molecule has 3 aromatic rings. The first kappa shape index (κ1) is 18.8. The summed E-state index contributed by atoms with van der Waals surface area (Å²) in [4.78, 5) is 15.0. The number of nitrogens with zero attached hydrogens (tertiary/aromatic N) is 1. The lowest BCUT2D eigenvalue weighted by atomic mass is 10.1. The molecule has 0 bridgehead atoms. The Balaban J connectivity index is 1.84. The van der Waals surface area contributed by atoms with Crippen LogP contribution in [0.3, 0.4) is 0 Å². The van der Waals surface area contributed by atoms with Gasteiger partial charge >= 0.3 is 5.97 Å². The van der Waals surface area contributed by atoms with Crippen molar-refractivity contribution < 1.29 is 18.8 Å². The van der Waals surface area contributed by atoms with E-state index in [1.165, 1.54) is 11.3 Å². The molecule has 1 unspecified atom stereocenters. The van der Waals surface area contributed by atoms with Crippen molar-refractivity contribution in [3.8, 4) is 11.5 Å². The second kappa shape index (κ2) is 8.57. The van der Waals surface area contributed by atoms with E-state index in [0.717, 1.165) is 10.0 Å². The Morgan fingerprint density at radius 1 is 1.27 bits per heavy atom. The van der Waals surface area contributed by atoms with E-state index in [0.29, 0.717) is 21.4 Å². The highest BCUT2D eigenvalue weighted by Crippen LogP contribution is 2.30. The fraction of sp³-hybridized carbons (Fsp3) is 0.111. The molecule has 5 nitrogen and oxygen atoms in total. The maximum absolute atomic E-state index is 12.5. The van der Waals surface area contributed by atoms with Gasteiger partial charge in [0.25, 0.3) is 0 Å². The Labute approximate surface area is 165 Å². The van der Waals surface area contributed by atoms with E-state index >= 15 is 0 Å². The molecule has 8 heteroatoms. The van der Waals surface area contributed by atoms with E-state index in [4.69, 9.17) is 9.84 Å². The van der Waals surface area contributed by atoms with Crippen molar-refractivity contribution in [1.29, 1.82) is 0 Å². The molecule has 0 saturated heterocycles. The normalized spacial score (nSPS) is 11.9. The van der Waals surface area contributed by atoms with E-state index in [2.05, 4.69) is 20.9 Å². The summed E-state index contributed by atoms with van der Waals surface area (Å²) in [5.41, 5.74) is 1.43. The van der Waals surface area contributed by atoms with Crippen LogP contribution in [0.15, 0.2) is 62.9 Å². The maximum Gasteiger partial charge on any atom is 0.307 e. The van der Waals surface area contributed by atoms with Gasteiger partial charge in [-0.05, 0) is 35.9 Å². The number of carbonyl (C=O) groups is 1. The predicted octanol–water partition coefficient (Wildman–Crippen LogP) is 4.63. The zero-order chi connectivity index (χ0) is 18.5. The van der Waals surface area contributed by atoms with E-state index < -0.39 is 16.8 Å². The van der Waals surface area contributed by atoms with Crippen LogP contribution in [0.1, 0.15) is 11.1 Å². The van der Waals surface area contributed by atoms with Crippen LogP contribution in [0.2, 0.25) is 0 Å². The quantitative estimate of drug-likeness (QED) is 0.566. The lowest BCUT2D eigenvalue weighted by Gasteiger charge is -2.12. The molecule has 2 aromatic carbocycles. The molecule has 134 valence electrons. The van der Waals surface area contributed by atoms with Crippen molar-refractivity contribution in [2.75, 3.05) is 0 Å². The van der Waals surface area contributed by atoms with Gasteiger partial charge in [0, 0.05) is 21.6 Å². The Morgan fingerprint density at radius 2 is 2.12 bits per heavy atom. The van der Waals surface area contributed by atoms with E-state index in [-0.39, 0.29) is 12.2 Å². The zero-order valence-electron chi connectivity index (χ0n) is 13.4. The van der Waals surface area contributed by atoms with E-state index in [1.807, 2.05) is 12.1 Å². The number of thiazole rings is 1. The van der Waals surface area contributed by atoms with Crippen LogP contribution in [0.4, 0.5) is 0 Å². The minimum Gasteiger partial charge on any atom is -0.481 e. The number of hydrogen-bond donors (Lipinski definition) is 1. The summed E-state index contributed by atoms with van der Waals surface area (Å²) in [6.45, 7) is 0. The molecule has 0 spiro atoms. The second-order valence-electron chi connectivity index (χ2n) is 5.36. The fourth-order valence-corrected chi connectivity index (χ4v) is 4.66. The van der Waals surface area contributed by atoms with Gasteiger partial charge in [-0.2, -0.15) is 0 Å². The monoisotopic (exact) mass is 451 g/mol. The van der Waals surface area contributed by atoms with Crippen LogP contribution in [0, 0.1) is 0 Å². The first-order valence-corrected chi connectivity index (χ1v) is 10.6. The summed E-state index contributed by atoms with van der Waals surface area (Å²) in [5.74, 6) is 0.486. The summed E-state index contributed by atoms with van der Waals surface area (Å²) in [5, 5.41) is 10.7. The van der Waals surface area contributed by atoms with Gasteiger partial charge in [-0.15, -0.1) is 11.3 Å². The van der Waals surface area contributed by atoms with Crippen molar-refractivity contribution in [2.45, 2.75) is 16.5 Å². The third-order valence-electron chi connectivity index (χ3n) is 3.40. The van der Waals surface area contributed by atoms with Crippen molar-refractivity contribution in [3.63, 3.8) is 0 Å². The summed E-state index contributed by atoms with van der Waals surface area (Å²) < 4.78 is 19.9. The molecule has 1 atom stereocenters. The smallest absolute Gasteiger partial charge is 0.307 e. The number of aromatic nitrogens is 1. The SMILES string of the molecule is O=C(O)Cc1cccc(Oc2ccc(Br)cc2CS(=O)c2nccs2)c1. The van der Waals surface area contributed by atoms with Crippen LogP contribution >= 0.6 is 27.3 Å². The van der Waals surface area contributed by atoms with Crippen molar-refractivity contribution in [3.05, 3.63) is 69.6 Å². The Kier molecular flexibility index (Phi) is 6.18. The largest absolute Gasteiger partial charge is 0.481 e. The Morgan fingerprint density at radius 3 is 2.85 bits per heavy atom. The lowest BCUT2D eigenvalue weighted by molar-refractivity contribution is -0.136. The molecule has 0 aliphatic rings. The van der Waals surface area contributed by atoms with Gasteiger partial charge in [0.2, 0.25) is 0 Å². The molecule has 0 fully saturated rings. The minimum atomic E-state index is -1.26. The van der Waals surface area contributed by atoms with Gasteiger partial charge in [-0.25, -0.2) is 4.98 Å². The molecule has 0 saturated carbocycles. The highest BCUT2D eigenvalue weighted by molar-refractivity contribution is 9.10. The van der Waals surface area contributed by atoms with Crippen LogP contribution < -0.4 is 4.74 Å². The third kappa shape index (κ3) is 5.00. The minimum absolute atomic E-state index is 0.0710. The van der Waals surface area contributed by atoms with Gasteiger partial charge in [0.05, 0.1) is 23.0 Å². The highest BCUT2D eigenvalue weighted by Gasteiger charge is 2.13. The number of rotatable bonds is 7. The number of ether oxygens (including phenoxy) is 1. The molecule has 0 aliphatic heterocycles. The number of halogens is 1. The molecular formula is C18H14BrNO4S2. The molecule has 0 amide bonds.